The highest BCUT2D eigenvalue weighted by atomic mass is 16.5. The smallest absolute Gasteiger partial charge is 0.155 e. The minimum Gasteiger partial charge on any atom is -0.399 e. The summed E-state index contributed by atoms with van der Waals surface area (Å²) in [4.78, 5) is 9.85. The van der Waals surface area contributed by atoms with E-state index in [2.05, 4.69) is 14.9 Å². The van der Waals surface area contributed by atoms with Crippen molar-refractivity contribution in [3.63, 3.8) is 0 Å². The van der Waals surface area contributed by atoms with Gasteiger partial charge in [0.1, 0.15) is 0 Å². The van der Waals surface area contributed by atoms with Crippen LogP contribution in [-0.4, -0.2) is 47.9 Å². The number of aromatic nitrogens is 1. The average molecular weight is 297 g/mol. The molecule has 1 aliphatic rings. The summed E-state index contributed by atoms with van der Waals surface area (Å²) in [5.74, 6) is 0.992. The van der Waals surface area contributed by atoms with Crippen LogP contribution in [0.15, 0.2) is 47.6 Å². The fourth-order valence-electron chi connectivity index (χ4n) is 2.36. The number of hydrogen-bond donors (Lipinski definition) is 3. The number of nitrogen functional groups attached to an aromatic ring is 1. The molecule has 0 amide bonds. The van der Waals surface area contributed by atoms with E-state index in [0.717, 1.165) is 30.2 Å². The van der Waals surface area contributed by atoms with Crippen molar-refractivity contribution in [1.29, 1.82) is 5.41 Å². The normalized spacial score (nSPS) is 15.8. The van der Waals surface area contributed by atoms with Gasteiger partial charge in [-0.1, -0.05) is 0 Å². The molecule has 1 aromatic heterocycles. The number of nitrogens with two attached hydrogens (primary N) is 1. The van der Waals surface area contributed by atoms with E-state index in [4.69, 9.17) is 15.9 Å². The minimum atomic E-state index is 0.219. The lowest BCUT2D eigenvalue weighted by Crippen LogP contribution is -2.41. The molecule has 1 saturated heterocycles. The Morgan fingerprint density at radius 3 is 2.55 bits per heavy atom. The molecule has 2 aromatic rings. The Morgan fingerprint density at radius 1 is 1.18 bits per heavy atom. The first-order valence-electron chi connectivity index (χ1n) is 7.23. The van der Waals surface area contributed by atoms with Gasteiger partial charge in [0.05, 0.1) is 18.9 Å². The van der Waals surface area contributed by atoms with E-state index in [0.29, 0.717) is 18.9 Å². The Hall–Kier alpha value is -2.60. The number of aliphatic imine (C=N–C) groups is 1. The zero-order chi connectivity index (χ0) is 15.4. The van der Waals surface area contributed by atoms with Crippen molar-refractivity contribution >= 4 is 17.4 Å². The van der Waals surface area contributed by atoms with Gasteiger partial charge in [0, 0.05) is 30.5 Å². The van der Waals surface area contributed by atoms with Crippen LogP contribution in [0.25, 0.3) is 0 Å². The summed E-state index contributed by atoms with van der Waals surface area (Å²) < 4.78 is 5.40. The summed E-state index contributed by atoms with van der Waals surface area (Å²) in [6.45, 7) is 2.89. The van der Waals surface area contributed by atoms with Gasteiger partial charge in [0.25, 0.3) is 0 Å². The van der Waals surface area contributed by atoms with Crippen molar-refractivity contribution in [3.05, 3.63) is 53.9 Å². The molecular formula is C16H19N5O. The molecule has 2 heterocycles. The molecule has 6 nitrogen and oxygen atoms in total. The van der Waals surface area contributed by atoms with Gasteiger partial charge in [-0.25, -0.2) is 4.99 Å². The molecule has 0 atom stereocenters. The monoisotopic (exact) mass is 297 g/mol. The lowest BCUT2D eigenvalue weighted by atomic mass is 10.2. The molecular weight excluding hydrogens is 278 g/mol. The molecule has 0 unspecified atom stereocenters. The first-order chi connectivity index (χ1) is 10.7. The van der Waals surface area contributed by atoms with Crippen LogP contribution < -0.4 is 5.73 Å². The number of nitrogens with zero attached hydrogens (tertiary/aromatic N) is 2. The maximum absolute atomic E-state index is 8.25. The Balaban J connectivity index is 1.90. The highest BCUT2D eigenvalue weighted by Gasteiger charge is 2.18. The number of hydrogen-bond acceptors (Lipinski definition) is 3. The van der Waals surface area contributed by atoms with Crippen LogP contribution in [0, 0.1) is 5.41 Å². The van der Waals surface area contributed by atoms with E-state index in [9.17, 15) is 0 Å². The van der Waals surface area contributed by atoms with Crippen LogP contribution in [0.2, 0.25) is 0 Å². The van der Waals surface area contributed by atoms with Crippen LogP contribution in [0.5, 0.6) is 0 Å². The Labute approximate surface area is 129 Å². The Bertz CT molecular complexity index is 654. The van der Waals surface area contributed by atoms with E-state index in [1.54, 1.807) is 12.1 Å². The van der Waals surface area contributed by atoms with Crippen LogP contribution >= 0.6 is 0 Å². The van der Waals surface area contributed by atoms with Crippen molar-refractivity contribution in [3.8, 4) is 0 Å². The standard InChI is InChI=1S/C16H19N5O/c17-13-5-3-12(4-6-13)15(18)20-16(14-2-1-7-19-14)21-8-10-22-11-9-21/h1-7,18-19H,8-11,17H2. The third kappa shape index (κ3) is 3.17. The lowest BCUT2D eigenvalue weighted by Gasteiger charge is -2.29. The predicted octanol–water partition coefficient (Wildman–Crippen LogP) is 1.70. The SMILES string of the molecule is N=C(N=C(c1ccc[nH]1)N1CCOCC1)c1ccc(N)cc1. The second-order valence-electron chi connectivity index (χ2n) is 5.09. The number of nitrogens with one attached hydrogen (secondary N) is 2. The molecule has 0 saturated carbocycles. The molecule has 1 aromatic carbocycles. The summed E-state index contributed by atoms with van der Waals surface area (Å²) in [6.07, 6.45) is 1.86. The molecule has 1 fully saturated rings. The lowest BCUT2D eigenvalue weighted by molar-refractivity contribution is 0.0682. The highest BCUT2D eigenvalue weighted by Crippen LogP contribution is 2.11. The van der Waals surface area contributed by atoms with E-state index >= 15 is 0 Å². The third-order valence-corrected chi connectivity index (χ3v) is 3.55. The number of rotatable bonds is 2. The van der Waals surface area contributed by atoms with Gasteiger partial charge in [-0.15, -0.1) is 0 Å². The topological polar surface area (TPSA) is 90.5 Å². The Kier molecular flexibility index (Phi) is 4.20. The number of benzene rings is 1. The molecule has 0 radical (unpaired) electrons. The predicted molar refractivity (Wildman–Crippen MR) is 87.4 cm³/mol. The van der Waals surface area contributed by atoms with Gasteiger partial charge < -0.3 is 20.4 Å². The van der Waals surface area contributed by atoms with E-state index in [1.807, 2.05) is 30.5 Å². The summed E-state index contributed by atoms with van der Waals surface area (Å²) in [5, 5.41) is 8.25. The number of amidine groups is 2. The molecule has 0 spiro atoms. The van der Waals surface area contributed by atoms with Crippen molar-refractivity contribution in [2.75, 3.05) is 32.0 Å². The molecule has 1 aliphatic heterocycles. The van der Waals surface area contributed by atoms with Crippen molar-refractivity contribution in [1.82, 2.24) is 9.88 Å². The van der Waals surface area contributed by atoms with Crippen LogP contribution in [0.1, 0.15) is 11.3 Å². The van der Waals surface area contributed by atoms with Gasteiger partial charge in [0.15, 0.2) is 11.7 Å². The number of aromatic amines is 1. The number of anilines is 1. The first kappa shape index (κ1) is 14.3. The van der Waals surface area contributed by atoms with Gasteiger partial charge in [0.2, 0.25) is 0 Å². The fraction of sp³-hybridized carbons (Fsp3) is 0.250. The second-order valence-corrected chi connectivity index (χ2v) is 5.09. The maximum Gasteiger partial charge on any atom is 0.155 e. The Morgan fingerprint density at radius 2 is 1.91 bits per heavy atom. The van der Waals surface area contributed by atoms with Crippen LogP contribution in [0.4, 0.5) is 5.69 Å². The quantitative estimate of drug-likeness (QED) is 0.447. The van der Waals surface area contributed by atoms with Crippen LogP contribution in [-0.2, 0) is 4.74 Å². The van der Waals surface area contributed by atoms with Crippen molar-refractivity contribution in [2.24, 2.45) is 4.99 Å². The second kappa shape index (κ2) is 6.44. The summed E-state index contributed by atoms with van der Waals surface area (Å²) in [6, 6.07) is 11.1. The fourth-order valence-corrected chi connectivity index (χ4v) is 2.36. The molecule has 3 rings (SSSR count). The summed E-state index contributed by atoms with van der Waals surface area (Å²) >= 11 is 0. The number of morpholine rings is 1. The van der Waals surface area contributed by atoms with E-state index in [-0.39, 0.29) is 5.84 Å². The molecule has 0 aliphatic carbocycles. The minimum absolute atomic E-state index is 0.219. The summed E-state index contributed by atoms with van der Waals surface area (Å²) in [5.41, 5.74) is 8.01. The number of ether oxygens (including phenoxy) is 1. The first-order valence-corrected chi connectivity index (χ1v) is 7.23. The summed E-state index contributed by atoms with van der Waals surface area (Å²) in [7, 11) is 0. The largest absolute Gasteiger partial charge is 0.399 e. The zero-order valence-electron chi connectivity index (χ0n) is 12.2. The van der Waals surface area contributed by atoms with E-state index < -0.39 is 0 Å². The van der Waals surface area contributed by atoms with Gasteiger partial charge in [-0.2, -0.15) is 0 Å². The molecule has 4 N–H and O–H groups in total. The molecule has 0 bridgehead atoms. The maximum atomic E-state index is 8.25. The van der Waals surface area contributed by atoms with E-state index in [1.165, 1.54) is 0 Å². The van der Waals surface area contributed by atoms with Gasteiger partial charge in [-0.3, -0.25) is 5.41 Å². The molecule has 22 heavy (non-hydrogen) atoms. The van der Waals surface area contributed by atoms with Gasteiger partial charge in [-0.05, 0) is 36.4 Å². The average Bonchev–Trinajstić information content (AvgIpc) is 3.08. The zero-order valence-corrected chi connectivity index (χ0v) is 12.2. The number of H-pyrrole nitrogens is 1. The highest BCUT2D eigenvalue weighted by molar-refractivity contribution is 6.09. The van der Waals surface area contributed by atoms with Gasteiger partial charge >= 0.3 is 0 Å². The third-order valence-electron chi connectivity index (χ3n) is 3.55. The molecule has 114 valence electrons. The molecule has 6 heteroatoms. The van der Waals surface area contributed by atoms with Crippen molar-refractivity contribution < 1.29 is 4.74 Å². The van der Waals surface area contributed by atoms with Crippen molar-refractivity contribution in [2.45, 2.75) is 0 Å². The van der Waals surface area contributed by atoms with Crippen LogP contribution in [0.3, 0.4) is 0 Å².